The van der Waals surface area contributed by atoms with E-state index in [9.17, 15) is 4.79 Å². The predicted molar refractivity (Wildman–Crippen MR) is 80.9 cm³/mol. The van der Waals surface area contributed by atoms with Gasteiger partial charge in [-0.1, -0.05) is 26.2 Å². The van der Waals surface area contributed by atoms with Crippen LogP contribution in [0.25, 0.3) is 0 Å². The molecule has 0 atom stereocenters. The van der Waals surface area contributed by atoms with E-state index in [4.69, 9.17) is 9.47 Å². The van der Waals surface area contributed by atoms with Crippen molar-refractivity contribution in [2.24, 2.45) is 5.41 Å². The minimum atomic E-state index is -0.324. The number of amides is 1. The van der Waals surface area contributed by atoms with Crippen LogP contribution in [0, 0.1) is 5.41 Å². The SMILES string of the molecule is CN(C(=O)C1(C)CCCCC1)C1CCC2(CC1)OCCO2. The van der Waals surface area contributed by atoms with Gasteiger partial charge < -0.3 is 14.4 Å². The summed E-state index contributed by atoms with van der Waals surface area (Å²) >= 11 is 0. The van der Waals surface area contributed by atoms with E-state index in [0.717, 1.165) is 51.7 Å². The fourth-order valence-electron chi connectivity index (χ4n) is 4.35. The summed E-state index contributed by atoms with van der Waals surface area (Å²) in [5.41, 5.74) is -0.123. The number of rotatable bonds is 2. The van der Waals surface area contributed by atoms with Crippen molar-refractivity contribution in [3.63, 3.8) is 0 Å². The molecule has 1 heterocycles. The molecule has 0 aromatic heterocycles. The zero-order valence-electron chi connectivity index (χ0n) is 13.5. The molecule has 21 heavy (non-hydrogen) atoms. The van der Waals surface area contributed by atoms with E-state index in [1.165, 1.54) is 19.3 Å². The lowest BCUT2D eigenvalue weighted by Gasteiger charge is -2.42. The maximum absolute atomic E-state index is 12.9. The summed E-state index contributed by atoms with van der Waals surface area (Å²) in [6, 6.07) is 0.356. The average Bonchev–Trinajstić information content (AvgIpc) is 2.95. The normalized spacial score (nSPS) is 28.7. The first-order chi connectivity index (χ1) is 10.0. The Labute approximate surface area is 128 Å². The predicted octanol–water partition coefficient (Wildman–Crippen LogP) is 3.10. The summed E-state index contributed by atoms with van der Waals surface area (Å²) in [5.74, 6) is 0.0335. The van der Waals surface area contributed by atoms with Crippen LogP contribution in [0.4, 0.5) is 0 Å². The highest BCUT2D eigenvalue weighted by Crippen LogP contribution is 2.41. The van der Waals surface area contributed by atoms with Crippen LogP contribution in [0.1, 0.15) is 64.7 Å². The number of hydrogen-bond donors (Lipinski definition) is 0. The van der Waals surface area contributed by atoms with Crippen LogP contribution in [-0.2, 0) is 14.3 Å². The number of carbonyl (C=O) groups excluding carboxylic acids is 1. The Hall–Kier alpha value is -0.610. The van der Waals surface area contributed by atoms with Gasteiger partial charge in [0.2, 0.25) is 5.91 Å². The van der Waals surface area contributed by atoms with Crippen LogP contribution in [0.2, 0.25) is 0 Å². The van der Waals surface area contributed by atoms with Crippen molar-refractivity contribution in [1.29, 1.82) is 0 Å². The number of ether oxygens (including phenoxy) is 2. The largest absolute Gasteiger partial charge is 0.348 e. The number of hydrogen-bond acceptors (Lipinski definition) is 3. The molecule has 4 nitrogen and oxygen atoms in total. The minimum Gasteiger partial charge on any atom is -0.348 e. The van der Waals surface area contributed by atoms with Crippen LogP contribution >= 0.6 is 0 Å². The van der Waals surface area contributed by atoms with Crippen LogP contribution in [-0.4, -0.2) is 42.9 Å². The highest BCUT2D eigenvalue weighted by Gasteiger charge is 2.44. The fourth-order valence-corrected chi connectivity index (χ4v) is 4.35. The van der Waals surface area contributed by atoms with Gasteiger partial charge in [0.05, 0.1) is 13.2 Å². The number of carbonyl (C=O) groups is 1. The molecule has 120 valence electrons. The van der Waals surface area contributed by atoms with Crippen molar-refractivity contribution >= 4 is 5.91 Å². The van der Waals surface area contributed by atoms with E-state index in [2.05, 4.69) is 6.92 Å². The molecule has 0 radical (unpaired) electrons. The highest BCUT2D eigenvalue weighted by molar-refractivity contribution is 5.82. The summed E-state index contributed by atoms with van der Waals surface area (Å²) in [7, 11) is 2.00. The average molecular weight is 295 g/mol. The molecular formula is C17H29NO3. The molecule has 1 spiro atoms. The Morgan fingerprint density at radius 2 is 1.57 bits per heavy atom. The van der Waals surface area contributed by atoms with Crippen molar-refractivity contribution in [3.8, 4) is 0 Å². The molecule has 0 unspecified atom stereocenters. The van der Waals surface area contributed by atoms with Crippen molar-refractivity contribution in [2.45, 2.75) is 76.5 Å². The molecule has 3 aliphatic rings. The third kappa shape index (κ3) is 2.98. The Balaban J connectivity index is 1.58. The lowest BCUT2D eigenvalue weighted by atomic mass is 9.74. The second-order valence-electron chi connectivity index (χ2n) is 7.38. The first kappa shape index (κ1) is 15.3. The van der Waals surface area contributed by atoms with Crippen molar-refractivity contribution in [3.05, 3.63) is 0 Å². The molecule has 2 aliphatic carbocycles. The van der Waals surface area contributed by atoms with E-state index in [1.807, 2.05) is 11.9 Å². The monoisotopic (exact) mass is 295 g/mol. The summed E-state index contributed by atoms with van der Waals surface area (Å²) in [5, 5.41) is 0. The molecule has 2 saturated carbocycles. The van der Waals surface area contributed by atoms with E-state index in [1.54, 1.807) is 0 Å². The quantitative estimate of drug-likeness (QED) is 0.786. The van der Waals surface area contributed by atoms with Crippen LogP contribution in [0.15, 0.2) is 0 Å². The van der Waals surface area contributed by atoms with Gasteiger partial charge in [-0.3, -0.25) is 4.79 Å². The summed E-state index contributed by atoms with van der Waals surface area (Å²) < 4.78 is 11.6. The van der Waals surface area contributed by atoms with Gasteiger partial charge in [-0.2, -0.15) is 0 Å². The lowest BCUT2D eigenvalue weighted by Crippen LogP contribution is -2.49. The summed E-state index contributed by atoms with van der Waals surface area (Å²) in [6.07, 6.45) is 9.64. The molecule has 0 aromatic carbocycles. The first-order valence-corrected chi connectivity index (χ1v) is 8.60. The molecule has 3 fully saturated rings. The fraction of sp³-hybridized carbons (Fsp3) is 0.941. The molecule has 3 rings (SSSR count). The van der Waals surface area contributed by atoms with Gasteiger partial charge in [-0.15, -0.1) is 0 Å². The van der Waals surface area contributed by atoms with E-state index < -0.39 is 0 Å². The van der Waals surface area contributed by atoms with Crippen LogP contribution < -0.4 is 0 Å². The van der Waals surface area contributed by atoms with E-state index >= 15 is 0 Å². The third-order valence-electron chi connectivity index (χ3n) is 5.87. The molecule has 1 saturated heterocycles. The maximum Gasteiger partial charge on any atom is 0.228 e. The standard InChI is InChI=1S/C17H29NO3/c1-16(8-4-3-5-9-16)15(19)18(2)14-6-10-17(11-7-14)20-12-13-21-17/h14H,3-13H2,1-2H3. The Morgan fingerprint density at radius 1 is 1.00 bits per heavy atom. The van der Waals surface area contributed by atoms with Gasteiger partial charge in [0, 0.05) is 31.3 Å². The first-order valence-electron chi connectivity index (χ1n) is 8.60. The Morgan fingerprint density at radius 3 is 2.14 bits per heavy atom. The van der Waals surface area contributed by atoms with Crippen molar-refractivity contribution < 1.29 is 14.3 Å². The van der Waals surface area contributed by atoms with Gasteiger partial charge >= 0.3 is 0 Å². The summed E-state index contributed by atoms with van der Waals surface area (Å²) in [4.78, 5) is 14.9. The maximum atomic E-state index is 12.9. The van der Waals surface area contributed by atoms with Gasteiger partial charge in [-0.25, -0.2) is 0 Å². The topological polar surface area (TPSA) is 38.8 Å². The molecule has 1 amide bonds. The highest BCUT2D eigenvalue weighted by atomic mass is 16.7. The Kier molecular flexibility index (Phi) is 4.28. The zero-order valence-corrected chi connectivity index (χ0v) is 13.5. The lowest BCUT2D eigenvalue weighted by molar-refractivity contribution is -0.185. The second kappa shape index (κ2) is 5.88. The molecule has 0 aromatic rings. The second-order valence-corrected chi connectivity index (χ2v) is 7.38. The van der Waals surface area contributed by atoms with Crippen LogP contribution in [0.3, 0.4) is 0 Å². The Bertz CT molecular complexity index is 373. The van der Waals surface area contributed by atoms with Gasteiger partial charge in [0.25, 0.3) is 0 Å². The van der Waals surface area contributed by atoms with E-state index in [-0.39, 0.29) is 11.2 Å². The minimum absolute atomic E-state index is 0.123. The number of nitrogens with zero attached hydrogens (tertiary/aromatic N) is 1. The van der Waals surface area contributed by atoms with Crippen molar-refractivity contribution in [1.82, 2.24) is 4.90 Å². The molecule has 0 bridgehead atoms. The van der Waals surface area contributed by atoms with Gasteiger partial charge in [0.1, 0.15) is 0 Å². The molecular weight excluding hydrogens is 266 g/mol. The third-order valence-corrected chi connectivity index (χ3v) is 5.87. The molecule has 1 aliphatic heterocycles. The summed E-state index contributed by atoms with van der Waals surface area (Å²) in [6.45, 7) is 3.60. The molecule has 4 heteroatoms. The molecule has 0 N–H and O–H groups in total. The van der Waals surface area contributed by atoms with Crippen molar-refractivity contribution in [2.75, 3.05) is 20.3 Å². The van der Waals surface area contributed by atoms with Gasteiger partial charge in [-0.05, 0) is 25.7 Å². The van der Waals surface area contributed by atoms with Gasteiger partial charge in [0.15, 0.2) is 5.79 Å². The zero-order chi connectivity index (χ0) is 14.9. The smallest absolute Gasteiger partial charge is 0.228 e. The van der Waals surface area contributed by atoms with E-state index in [0.29, 0.717) is 11.9 Å². The van der Waals surface area contributed by atoms with Crippen LogP contribution in [0.5, 0.6) is 0 Å².